The van der Waals surface area contributed by atoms with E-state index in [2.05, 4.69) is 31.3 Å². The van der Waals surface area contributed by atoms with E-state index in [1.807, 2.05) is 6.08 Å². The molecule has 0 aromatic rings. The second-order valence-electron chi connectivity index (χ2n) is 23.6. The fraction of sp³-hybridized carbons (Fsp3) is 0.925. The molecule has 0 bridgehead atoms. The van der Waals surface area contributed by atoms with Gasteiger partial charge in [0.1, 0.15) is 24.4 Å². The predicted molar refractivity (Wildman–Crippen MR) is 323 cm³/mol. The molecular weight excluding hydrogens is 947 g/mol. The molecule has 0 saturated carbocycles. The van der Waals surface area contributed by atoms with E-state index >= 15 is 0 Å². The molecule has 6 N–H and O–H groups in total. The van der Waals surface area contributed by atoms with Crippen molar-refractivity contribution in [2.75, 3.05) is 13.2 Å². The van der Waals surface area contributed by atoms with Crippen molar-refractivity contribution in [2.45, 2.75) is 384 Å². The first-order valence-corrected chi connectivity index (χ1v) is 33.6. The van der Waals surface area contributed by atoms with Crippen LogP contribution in [0.25, 0.3) is 0 Å². The Hall–Kier alpha value is -1.33. The Balaban J connectivity index is 2.16. The number of hydrogen-bond acceptors (Lipinski definition) is 8. The third-order valence-corrected chi connectivity index (χ3v) is 16.3. The van der Waals surface area contributed by atoms with E-state index in [0.29, 0.717) is 6.42 Å². The summed E-state index contributed by atoms with van der Waals surface area (Å²) in [5.41, 5.74) is 0. The zero-order chi connectivity index (χ0) is 55.0. The molecular formula is C67H129NO8. The first-order chi connectivity index (χ1) is 37.3. The van der Waals surface area contributed by atoms with Gasteiger partial charge in [-0.3, -0.25) is 4.79 Å². The molecule has 7 unspecified atom stereocenters. The van der Waals surface area contributed by atoms with Crippen LogP contribution in [0.5, 0.6) is 0 Å². The van der Waals surface area contributed by atoms with Crippen LogP contribution >= 0.6 is 0 Å². The average molecular weight is 1080 g/mol. The third-order valence-electron chi connectivity index (χ3n) is 16.3. The summed E-state index contributed by atoms with van der Waals surface area (Å²) in [5, 5.41) is 54.7. The minimum Gasteiger partial charge on any atom is -0.394 e. The van der Waals surface area contributed by atoms with E-state index in [-0.39, 0.29) is 12.5 Å². The van der Waals surface area contributed by atoms with Crippen LogP contribution in [0.3, 0.4) is 0 Å². The lowest BCUT2D eigenvalue weighted by Gasteiger charge is -2.40. The molecule has 1 rings (SSSR count). The Morgan fingerprint density at radius 2 is 0.750 bits per heavy atom. The Bertz CT molecular complexity index is 1250. The largest absolute Gasteiger partial charge is 0.394 e. The molecule has 1 saturated heterocycles. The number of unbranched alkanes of at least 4 members (excludes halogenated alkanes) is 47. The van der Waals surface area contributed by atoms with Crippen molar-refractivity contribution in [1.82, 2.24) is 5.32 Å². The van der Waals surface area contributed by atoms with E-state index in [0.717, 1.165) is 38.5 Å². The summed E-state index contributed by atoms with van der Waals surface area (Å²) in [6.07, 6.45) is 67.1. The van der Waals surface area contributed by atoms with Gasteiger partial charge in [0.25, 0.3) is 0 Å². The van der Waals surface area contributed by atoms with Crippen LogP contribution in [-0.4, -0.2) is 87.5 Å². The van der Waals surface area contributed by atoms with Gasteiger partial charge in [0, 0.05) is 6.42 Å². The van der Waals surface area contributed by atoms with Crippen LogP contribution in [0.1, 0.15) is 341 Å². The average Bonchev–Trinajstić information content (AvgIpc) is 3.42. The summed E-state index contributed by atoms with van der Waals surface area (Å²) < 4.78 is 11.3. The second-order valence-corrected chi connectivity index (χ2v) is 23.6. The SMILES string of the molecule is CCCCCCCCCCCCCCCCCCCCCCC/C=C/CC/C=C/C(O)C(COC1OC(CO)C(O)C(O)C1O)NC(=O)CCCCCCCCCCCCCCCCCCCCCCCCCCCC. The van der Waals surface area contributed by atoms with Gasteiger partial charge < -0.3 is 40.3 Å². The Morgan fingerprint density at radius 3 is 1.11 bits per heavy atom. The number of aliphatic hydroxyl groups excluding tert-OH is 5. The lowest BCUT2D eigenvalue weighted by molar-refractivity contribution is -0.302. The van der Waals surface area contributed by atoms with E-state index in [9.17, 15) is 30.3 Å². The first kappa shape index (κ1) is 72.7. The zero-order valence-corrected chi connectivity index (χ0v) is 50.3. The highest BCUT2D eigenvalue weighted by molar-refractivity contribution is 5.76. The summed E-state index contributed by atoms with van der Waals surface area (Å²) in [7, 11) is 0. The van der Waals surface area contributed by atoms with E-state index in [4.69, 9.17) is 9.47 Å². The predicted octanol–water partition coefficient (Wildman–Crippen LogP) is 17.7. The Morgan fingerprint density at radius 1 is 0.434 bits per heavy atom. The van der Waals surface area contributed by atoms with Crippen molar-refractivity contribution in [3.8, 4) is 0 Å². The highest BCUT2D eigenvalue weighted by Gasteiger charge is 2.44. The molecule has 1 aliphatic heterocycles. The van der Waals surface area contributed by atoms with Gasteiger partial charge in [0.2, 0.25) is 5.91 Å². The lowest BCUT2D eigenvalue weighted by atomic mass is 9.99. The Kier molecular flexibility index (Phi) is 54.4. The summed E-state index contributed by atoms with van der Waals surface area (Å²) in [5.74, 6) is -0.178. The molecule has 1 aliphatic rings. The van der Waals surface area contributed by atoms with Crippen molar-refractivity contribution < 1.29 is 39.8 Å². The van der Waals surface area contributed by atoms with E-state index in [1.165, 1.54) is 283 Å². The van der Waals surface area contributed by atoms with Gasteiger partial charge in [0.15, 0.2) is 6.29 Å². The summed E-state index contributed by atoms with van der Waals surface area (Å²) in [6, 6.07) is -0.820. The summed E-state index contributed by atoms with van der Waals surface area (Å²) in [6.45, 7) is 3.82. The quantitative estimate of drug-likeness (QED) is 0.0261. The lowest BCUT2D eigenvalue weighted by Crippen LogP contribution is -2.60. The number of allylic oxidation sites excluding steroid dienone is 3. The van der Waals surface area contributed by atoms with Crippen molar-refractivity contribution >= 4 is 5.91 Å². The van der Waals surface area contributed by atoms with E-state index in [1.54, 1.807) is 6.08 Å². The van der Waals surface area contributed by atoms with Gasteiger partial charge in [-0.05, 0) is 32.1 Å². The second kappa shape index (κ2) is 56.9. The fourth-order valence-electron chi connectivity index (χ4n) is 11.0. The molecule has 450 valence electrons. The van der Waals surface area contributed by atoms with Gasteiger partial charge >= 0.3 is 0 Å². The monoisotopic (exact) mass is 1080 g/mol. The molecule has 1 amide bonds. The minimum atomic E-state index is -1.57. The molecule has 0 radical (unpaired) electrons. The fourth-order valence-corrected chi connectivity index (χ4v) is 11.0. The number of carbonyl (C=O) groups excluding carboxylic acids is 1. The van der Waals surface area contributed by atoms with Crippen molar-refractivity contribution in [1.29, 1.82) is 0 Å². The maximum absolute atomic E-state index is 13.1. The molecule has 0 spiro atoms. The van der Waals surface area contributed by atoms with Gasteiger partial charge in [0.05, 0.1) is 25.4 Å². The zero-order valence-electron chi connectivity index (χ0n) is 50.3. The maximum atomic E-state index is 13.1. The first-order valence-electron chi connectivity index (χ1n) is 33.6. The maximum Gasteiger partial charge on any atom is 0.220 e. The van der Waals surface area contributed by atoms with Gasteiger partial charge in [-0.15, -0.1) is 0 Å². The molecule has 9 heteroatoms. The number of ether oxygens (including phenoxy) is 2. The van der Waals surface area contributed by atoms with Gasteiger partial charge in [-0.1, -0.05) is 327 Å². The molecule has 0 aliphatic carbocycles. The molecule has 1 heterocycles. The highest BCUT2D eigenvalue weighted by Crippen LogP contribution is 2.23. The number of carbonyl (C=O) groups is 1. The molecule has 0 aromatic heterocycles. The van der Waals surface area contributed by atoms with Crippen LogP contribution in [0.15, 0.2) is 24.3 Å². The summed E-state index contributed by atoms with van der Waals surface area (Å²) in [4.78, 5) is 13.1. The van der Waals surface area contributed by atoms with Crippen LogP contribution in [0.4, 0.5) is 0 Å². The molecule has 7 atom stereocenters. The normalized spacial score (nSPS) is 18.9. The van der Waals surface area contributed by atoms with E-state index < -0.39 is 49.5 Å². The van der Waals surface area contributed by atoms with Crippen LogP contribution in [0, 0.1) is 0 Å². The third kappa shape index (κ3) is 45.4. The van der Waals surface area contributed by atoms with Gasteiger partial charge in [-0.2, -0.15) is 0 Å². The summed E-state index contributed by atoms with van der Waals surface area (Å²) >= 11 is 0. The van der Waals surface area contributed by atoms with Crippen LogP contribution in [-0.2, 0) is 14.3 Å². The van der Waals surface area contributed by atoms with Crippen LogP contribution < -0.4 is 5.32 Å². The Labute approximate surface area is 470 Å². The molecule has 76 heavy (non-hydrogen) atoms. The number of hydrogen-bond donors (Lipinski definition) is 6. The molecule has 1 fully saturated rings. The minimum absolute atomic E-state index is 0.178. The number of rotatable bonds is 59. The number of aliphatic hydroxyl groups is 5. The van der Waals surface area contributed by atoms with Gasteiger partial charge in [-0.25, -0.2) is 0 Å². The van der Waals surface area contributed by atoms with Crippen molar-refractivity contribution in [3.05, 3.63) is 24.3 Å². The topological polar surface area (TPSA) is 149 Å². The number of amides is 1. The molecule has 0 aromatic carbocycles. The smallest absolute Gasteiger partial charge is 0.220 e. The van der Waals surface area contributed by atoms with Crippen molar-refractivity contribution in [3.63, 3.8) is 0 Å². The van der Waals surface area contributed by atoms with Crippen LogP contribution in [0.2, 0.25) is 0 Å². The highest BCUT2D eigenvalue weighted by atomic mass is 16.7. The standard InChI is InChI=1S/C67H129NO8/c1-3-5-7-9-11-13-15-17-19-21-23-25-27-29-31-32-34-36-38-40-42-44-46-48-50-52-54-56-61(70)60(59-75-67-66(74)65(73)64(72)62(58-69)76-67)68-63(71)57-55-53-51-49-47-45-43-41-39-37-35-33-30-28-26-24-22-20-18-16-14-12-10-8-6-4-2/h46,48,54,56,60-62,64-67,69-70,72-74H,3-45,47,49-53,55,57-59H2,1-2H3,(H,68,71)/b48-46+,56-54+. The molecule has 9 nitrogen and oxygen atoms in total. The number of nitrogens with one attached hydrogen (secondary N) is 1. The van der Waals surface area contributed by atoms with Crippen molar-refractivity contribution in [2.24, 2.45) is 0 Å².